The van der Waals surface area contributed by atoms with Crippen LogP contribution in [-0.4, -0.2) is 20.0 Å². The summed E-state index contributed by atoms with van der Waals surface area (Å²) in [5.41, 5.74) is 0.431. The number of carbonyl (C=O) groups is 1. The van der Waals surface area contributed by atoms with Crippen LogP contribution in [0.4, 0.5) is 24.5 Å². The molecule has 0 N–H and O–H groups in total. The highest BCUT2D eigenvalue weighted by Gasteiger charge is 2.42. The maximum atomic E-state index is 14.0. The molecule has 0 saturated carbocycles. The zero-order valence-electron chi connectivity index (χ0n) is 12.8. The molecule has 1 aliphatic heterocycles. The van der Waals surface area contributed by atoms with Gasteiger partial charge in [0.25, 0.3) is 5.91 Å². The SMILES string of the molecule is CN(C)c1ccc(N2C(=O)c3c(cc(F)c(F)c3F)C2C#N)cc1. The Morgan fingerprint density at radius 2 is 1.75 bits per heavy atom. The normalized spacial score (nSPS) is 16.1. The lowest BCUT2D eigenvalue weighted by molar-refractivity contribution is 0.0990. The Balaban J connectivity index is 2.12. The summed E-state index contributed by atoms with van der Waals surface area (Å²) in [6.07, 6.45) is 0. The summed E-state index contributed by atoms with van der Waals surface area (Å²) in [5, 5.41) is 9.37. The summed E-state index contributed by atoms with van der Waals surface area (Å²) in [6.45, 7) is 0. The Hall–Kier alpha value is -3.01. The predicted octanol–water partition coefficient (Wildman–Crippen LogP) is 3.39. The third kappa shape index (κ3) is 2.19. The van der Waals surface area contributed by atoms with Crippen molar-refractivity contribution in [3.63, 3.8) is 0 Å². The van der Waals surface area contributed by atoms with Crippen LogP contribution in [0.15, 0.2) is 30.3 Å². The molecule has 2 aromatic rings. The first-order valence-electron chi connectivity index (χ1n) is 7.04. The molecule has 2 aromatic carbocycles. The molecule has 1 amide bonds. The van der Waals surface area contributed by atoms with E-state index < -0.39 is 35.0 Å². The molecule has 4 nitrogen and oxygen atoms in total. The Morgan fingerprint density at radius 1 is 1.12 bits per heavy atom. The molecule has 0 spiro atoms. The topological polar surface area (TPSA) is 47.3 Å². The van der Waals surface area contributed by atoms with Gasteiger partial charge in [-0.1, -0.05) is 0 Å². The summed E-state index contributed by atoms with van der Waals surface area (Å²) in [6, 6.07) is 7.95. The lowest BCUT2D eigenvalue weighted by Gasteiger charge is -2.21. The molecule has 1 aliphatic rings. The average molecular weight is 331 g/mol. The van der Waals surface area contributed by atoms with E-state index in [-0.39, 0.29) is 5.56 Å². The number of carbonyl (C=O) groups excluding carboxylic acids is 1. The summed E-state index contributed by atoms with van der Waals surface area (Å²) < 4.78 is 40.9. The number of anilines is 2. The van der Waals surface area contributed by atoms with Crippen molar-refractivity contribution >= 4 is 17.3 Å². The number of amides is 1. The number of nitrogens with zero attached hydrogens (tertiary/aromatic N) is 3. The van der Waals surface area contributed by atoms with Crippen molar-refractivity contribution in [2.24, 2.45) is 0 Å². The summed E-state index contributed by atoms with van der Waals surface area (Å²) in [5.74, 6) is -5.58. The molecule has 0 aromatic heterocycles. The fourth-order valence-corrected chi connectivity index (χ4v) is 2.73. The van der Waals surface area contributed by atoms with Crippen LogP contribution >= 0.6 is 0 Å². The molecule has 0 fully saturated rings. The average Bonchev–Trinajstić information content (AvgIpc) is 2.84. The zero-order valence-corrected chi connectivity index (χ0v) is 12.8. The van der Waals surface area contributed by atoms with Gasteiger partial charge in [0.1, 0.15) is 0 Å². The van der Waals surface area contributed by atoms with Crippen LogP contribution in [0.25, 0.3) is 0 Å². The highest BCUT2D eigenvalue weighted by molar-refractivity contribution is 6.11. The van der Waals surface area contributed by atoms with Gasteiger partial charge in [0.15, 0.2) is 23.5 Å². The first-order valence-corrected chi connectivity index (χ1v) is 7.04. The molecule has 7 heteroatoms. The Kier molecular flexibility index (Phi) is 3.68. The van der Waals surface area contributed by atoms with Crippen LogP contribution in [0.3, 0.4) is 0 Å². The molecule has 1 unspecified atom stereocenters. The third-order valence-electron chi connectivity index (χ3n) is 3.94. The Bertz CT molecular complexity index is 872. The van der Waals surface area contributed by atoms with Crippen molar-refractivity contribution in [3.05, 3.63) is 58.9 Å². The lowest BCUT2D eigenvalue weighted by Crippen LogP contribution is -2.27. The maximum Gasteiger partial charge on any atom is 0.263 e. The van der Waals surface area contributed by atoms with Crippen LogP contribution in [0.2, 0.25) is 0 Å². The molecule has 0 aliphatic carbocycles. The van der Waals surface area contributed by atoms with Crippen molar-refractivity contribution in [3.8, 4) is 6.07 Å². The number of hydrogen-bond acceptors (Lipinski definition) is 3. The monoisotopic (exact) mass is 331 g/mol. The van der Waals surface area contributed by atoms with E-state index >= 15 is 0 Å². The van der Waals surface area contributed by atoms with Gasteiger partial charge < -0.3 is 4.90 Å². The Labute approximate surface area is 136 Å². The maximum absolute atomic E-state index is 14.0. The summed E-state index contributed by atoms with van der Waals surface area (Å²) >= 11 is 0. The second kappa shape index (κ2) is 5.57. The van der Waals surface area contributed by atoms with E-state index in [0.717, 1.165) is 10.6 Å². The van der Waals surface area contributed by atoms with Crippen molar-refractivity contribution in [2.75, 3.05) is 23.9 Å². The largest absolute Gasteiger partial charge is 0.378 e. The molecule has 0 bridgehead atoms. The molecule has 24 heavy (non-hydrogen) atoms. The van der Waals surface area contributed by atoms with E-state index in [1.807, 2.05) is 25.1 Å². The van der Waals surface area contributed by atoms with Crippen LogP contribution in [0, 0.1) is 28.8 Å². The number of halogens is 3. The smallest absolute Gasteiger partial charge is 0.263 e. The number of rotatable bonds is 2. The highest BCUT2D eigenvalue weighted by Crippen LogP contribution is 2.39. The molecule has 3 rings (SSSR count). The Morgan fingerprint density at radius 3 is 2.29 bits per heavy atom. The van der Waals surface area contributed by atoms with Gasteiger partial charge in [-0.2, -0.15) is 5.26 Å². The first-order chi connectivity index (χ1) is 11.4. The molecular weight excluding hydrogens is 319 g/mol. The lowest BCUT2D eigenvalue weighted by atomic mass is 10.0. The van der Waals surface area contributed by atoms with E-state index in [9.17, 15) is 23.2 Å². The van der Waals surface area contributed by atoms with Gasteiger partial charge in [0.05, 0.1) is 11.6 Å². The minimum atomic E-state index is -1.72. The van der Waals surface area contributed by atoms with E-state index in [1.165, 1.54) is 0 Å². The van der Waals surface area contributed by atoms with Crippen molar-refractivity contribution < 1.29 is 18.0 Å². The zero-order chi connectivity index (χ0) is 17.6. The van der Waals surface area contributed by atoms with Crippen LogP contribution in [0.5, 0.6) is 0 Å². The minimum Gasteiger partial charge on any atom is -0.378 e. The first kappa shape index (κ1) is 15.9. The van der Waals surface area contributed by atoms with Crippen LogP contribution in [0.1, 0.15) is 22.0 Å². The number of benzene rings is 2. The fraction of sp³-hybridized carbons (Fsp3) is 0.176. The number of fused-ring (bicyclic) bond motifs is 1. The number of hydrogen-bond donors (Lipinski definition) is 0. The van der Waals surface area contributed by atoms with Crippen LogP contribution < -0.4 is 9.80 Å². The molecule has 0 radical (unpaired) electrons. The minimum absolute atomic E-state index is 0.171. The molecular formula is C17H12F3N3O. The van der Waals surface area contributed by atoms with Gasteiger partial charge in [-0.05, 0) is 30.3 Å². The van der Waals surface area contributed by atoms with Crippen molar-refractivity contribution in [1.82, 2.24) is 0 Å². The van der Waals surface area contributed by atoms with E-state index in [4.69, 9.17) is 0 Å². The summed E-state index contributed by atoms with van der Waals surface area (Å²) in [7, 11) is 3.68. The summed E-state index contributed by atoms with van der Waals surface area (Å²) in [4.78, 5) is 15.4. The number of nitriles is 1. The van der Waals surface area contributed by atoms with Gasteiger partial charge >= 0.3 is 0 Å². The molecule has 1 atom stereocenters. The fourth-order valence-electron chi connectivity index (χ4n) is 2.73. The van der Waals surface area contributed by atoms with E-state index in [1.54, 1.807) is 24.3 Å². The van der Waals surface area contributed by atoms with Gasteiger partial charge in [-0.25, -0.2) is 13.2 Å². The van der Waals surface area contributed by atoms with Crippen molar-refractivity contribution in [2.45, 2.75) is 6.04 Å². The van der Waals surface area contributed by atoms with E-state index in [0.29, 0.717) is 11.8 Å². The van der Waals surface area contributed by atoms with Crippen LogP contribution in [-0.2, 0) is 0 Å². The second-order valence-corrected chi connectivity index (χ2v) is 5.57. The van der Waals surface area contributed by atoms with Gasteiger partial charge in [0.2, 0.25) is 0 Å². The predicted molar refractivity (Wildman–Crippen MR) is 82.2 cm³/mol. The third-order valence-corrected chi connectivity index (χ3v) is 3.94. The molecule has 122 valence electrons. The van der Waals surface area contributed by atoms with Crippen molar-refractivity contribution in [1.29, 1.82) is 5.26 Å². The second-order valence-electron chi connectivity index (χ2n) is 5.57. The molecule has 1 heterocycles. The van der Waals surface area contributed by atoms with E-state index in [2.05, 4.69) is 0 Å². The highest BCUT2D eigenvalue weighted by atomic mass is 19.2. The van der Waals surface area contributed by atoms with Gasteiger partial charge in [-0.15, -0.1) is 0 Å². The van der Waals surface area contributed by atoms with Gasteiger partial charge in [-0.3, -0.25) is 9.69 Å². The van der Waals surface area contributed by atoms with Gasteiger partial charge in [0, 0.05) is 31.0 Å². The quantitative estimate of drug-likeness (QED) is 0.793. The molecule has 0 saturated heterocycles. The standard InChI is InChI=1S/C17H12F3N3O/c1-22(2)9-3-5-10(6-4-9)23-13(8-21)11-7-12(18)15(19)16(20)14(11)17(23)24/h3-7,13H,1-2H3.